The van der Waals surface area contributed by atoms with E-state index in [-0.39, 0.29) is 17.5 Å². The van der Waals surface area contributed by atoms with Gasteiger partial charge in [-0.15, -0.1) is 11.3 Å². The molecule has 0 bridgehead atoms. The molecule has 0 saturated carbocycles. The Kier molecular flexibility index (Phi) is 4.75. The van der Waals surface area contributed by atoms with E-state index in [2.05, 4.69) is 5.32 Å². The van der Waals surface area contributed by atoms with Crippen molar-refractivity contribution in [2.75, 3.05) is 0 Å². The normalized spacial score (nSPS) is 11.9. The summed E-state index contributed by atoms with van der Waals surface area (Å²) in [5.41, 5.74) is 1.26. The zero-order valence-corrected chi connectivity index (χ0v) is 12.7. The van der Waals surface area contributed by atoms with Crippen LogP contribution in [0.3, 0.4) is 0 Å². The molecule has 1 unspecified atom stereocenters. The van der Waals surface area contributed by atoms with Crippen LogP contribution < -0.4 is 5.32 Å². The Labute approximate surface area is 127 Å². The van der Waals surface area contributed by atoms with Gasteiger partial charge in [0.25, 0.3) is 5.91 Å². The van der Waals surface area contributed by atoms with Gasteiger partial charge in [0, 0.05) is 10.4 Å². The predicted octanol–water partition coefficient (Wildman–Crippen LogP) is 3.64. The number of carbonyl (C=O) groups excluding carboxylic acids is 1. The molecule has 0 aliphatic carbocycles. The van der Waals surface area contributed by atoms with Gasteiger partial charge in [0.05, 0.1) is 11.6 Å². The van der Waals surface area contributed by atoms with Crippen LogP contribution in [0.5, 0.6) is 0 Å². The summed E-state index contributed by atoms with van der Waals surface area (Å²) in [5, 5.41) is 14.0. The maximum atomic E-state index is 12.3. The highest BCUT2D eigenvalue weighted by Crippen LogP contribution is 2.22. The van der Waals surface area contributed by atoms with Gasteiger partial charge in [-0.25, -0.2) is 4.79 Å². The number of carboxylic acid groups (broad SMARTS) is 1. The molecule has 4 nitrogen and oxygen atoms in total. The number of carboxylic acids is 1. The number of nitrogens with one attached hydrogen (secondary N) is 1. The molecule has 0 spiro atoms. The van der Waals surface area contributed by atoms with E-state index in [0.717, 1.165) is 16.9 Å². The molecule has 21 heavy (non-hydrogen) atoms. The van der Waals surface area contributed by atoms with Crippen molar-refractivity contribution in [2.45, 2.75) is 26.3 Å². The fraction of sp³-hybridized carbons (Fsp3) is 0.250. The maximum Gasteiger partial charge on any atom is 0.335 e. The lowest BCUT2D eigenvalue weighted by molar-refractivity contribution is 0.0696. The molecular weight excluding hydrogens is 286 g/mol. The third-order valence-corrected chi connectivity index (χ3v) is 4.17. The SMILES string of the molecule is CCC(NC(=O)c1cc(C)cc(C(=O)O)c1)c1cccs1. The van der Waals surface area contributed by atoms with Crippen molar-refractivity contribution >= 4 is 23.2 Å². The third kappa shape index (κ3) is 3.70. The lowest BCUT2D eigenvalue weighted by atomic mass is 10.1. The van der Waals surface area contributed by atoms with Crippen LogP contribution >= 0.6 is 11.3 Å². The number of thiophene rings is 1. The van der Waals surface area contributed by atoms with Gasteiger partial charge in [-0.1, -0.05) is 13.0 Å². The molecular formula is C16H17NO3S. The third-order valence-electron chi connectivity index (χ3n) is 3.19. The van der Waals surface area contributed by atoms with Crippen molar-refractivity contribution in [3.05, 3.63) is 57.3 Å². The maximum absolute atomic E-state index is 12.3. The molecule has 110 valence electrons. The quantitative estimate of drug-likeness (QED) is 0.886. The molecule has 2 aromatic rings. The highest BCUT2D eigenvalue weighted by molar-refractivity contribution is 7.10. The Morgan fingerprint density at radius 3 is 2.57 bits per heavy atom. The van der Waals surface area contributed by atoms with Crippen LogP contribution in [0.25, 0.3) is 0 Å². The first-order valence-electron chi connectivity index (χ1n) is 6.70. The fourth-order valence-electron chi connectivity index (χ4n) is 2.14. The number of aromatic carboxylic acids is 1. The van der Waals surface area contributed by atoms with E-state index >= 15 is 0 Å². The second kappa shape index (κ2) is 6.54. The van der Waals surface area contributed by atoms with E-state index in [1.54, 1.807) is 30.4 Å². The van der Waals surface area contributed by atoms with Crippen LogP contribution in [0.4, 0.5) is 0 Å². The van der Waals surface area contributed by atoms with Crippen LogP contribution in [0.1, 0.15) is 50.5 Å². The van der Waals surface area contributed by atoms with Crippen molar-refractivity contribution in [3.63, 3.8) is 0 Å². The molecule has 1 atom stereocenters. The number of hydrogen-bond donors (Lipinski definition) is 2. The van der Waals surface area contributed by atoms with Gasteiger partial charge in [0.2, 0.25) is 0 Å². The molecule has 1 aromatic heterocycles. The highest BCUT2D eigenvalue weighted by atomic mass is 32.1. The summed E-state index contributed by atoms with van der Waals surface area (Å²) in [6.45, 7) is 3.78. The standard InChI is InChI=1S/C16H17NO3S/c1-3-13(14-5-4-6-21-14)17-15(18)11-7-10(2)8-12(9-11)16(19)20/h4-9,13H,3H2,1-2H3,(H,17,18)(H,19,20). The molecule has 2 rings (SSSR count). The first kappa shape index (κ1) is 15.3. The zero-order chi connectivity index (χ0) is 15.4. The Morgan fingerprint density at radius 2 is 2.00 bits per heavy atom. The average molecular weight is 303 g/mol. The summed E-state index contributed by atoms with van der Waals surface area (Å²) in [6, 6.07) is 8.54. The monoisotopic (exact) mass is 303 g/mol. The second-order valence-corrected chi connectivity index (χ2v) is 5.82. The molecule has 0 radical (unpaired) electrons. The van der Waals surface area contributed by atoms with E-state index in [1.165, 1.54) is 6.07 Å². The van der Waals surface area contributed by atoms with Gasteiger partial charge in [-0.2, -0.15) is 0 Å². The summed E-state index contributed by atoms with van der Waals surface area (Å²) in [6.07, 6.45) is 0.782. The lowest BCUT2D eigenvalue weighted by Crippen LogP contribution is -2.27. The van der Waals surface area contributed by atoms with Crippen molar-refractivity contribution < 1.29 is 14.7 Å². The molecule has 0 fully saturated rings. The summed E-state index contributed by atoms with van der Waals surface area (Å²) in [7, 11) is 0. The lowest BCUT2D eigenvalue weighted by Gasteiger charge is -2.16. The van der Waals surface area contributed by atoms with Crippen LogP contribution in [0, 0.1) is 6.92 Å². The average Bonchev–Trinajstić information content (AvgIpc) is 2.97. The minimum Gasteiger partial charge on any atom is -0.478 e. The van der Waals surface area contributed by atoms with Crippen molar-refractivity contribution in [3.8, 4) is 0 Å². The number of aryl methyl sites for hydroxylation is 1. The van der Waals surface area contributed by atoms with Crippen LogP contribution in [-0.2, 0) is 0 Å². The molecule has 0 aliphatic rings. The van der Waals surface area contributed by atoms with Crippen LogP contribution in [-0.4, -0.2) is 17.0 Å². The molecule has 2 N–H and O–H groups in total. The summed E-state index contributed by atoms with van der Waals surface area (Å²) in [5.74, 6) is -1.28. The Morgan fingerprint density at radius 1 is 1.29 bits per heavy atom. The van der Waals surface area contributed by atoms with E-state index in [9.17, 15) is 9.59 Å². The van der Waals surface area contributed by atoms with Gasteiger partial charge >= 0.3 is 5.97 Å². The number of hydrogen-bond acceptors (Lipinski definition) is 3. The molecule has 1 amide bonds. The summed E-state index contributed by atoms with van der Waals surface area (Å²) < 4.78 is 0. The van der Waals surface area contributed by atoms with E-state index in [4.69, 9.17) is 5.11 Å². The Balaban J connectivity index is 2.22. The van der Waals surface area contributed by atoms with Gasteiger partial charge in [0.1, 0.15) is 0 Å². The first-order chi connectivity index (χ1) is 10.0. The molecule has 0 saturated heterocycles. The molecule has 0 aliphatic heterocycles. The fourth-order valence-corrected chi connectivity index (χ4v) is 3.00. The van der Waals surface area contributed by atoms with Gasteiger partial charge in [-0.05, 0) is 48.6 Å². The number of carbonyl (C=O) groups is 2. The van der Waals surface area contributed by atoms with Gasteiger partial charge in [-0.3, -0.25) is 4.79 Å². The number of rotatable bonds is 5. The van der Waals surface area contributed by atoms with Crippen molar-refractivity contribution in [1.29, 1.82) is 0 Å². The largest absolute Gasteiger partial charge is 0.478 e. The smallest absolute Gasteiger partial charge is 0.335 e. The Hall–Kier alpha value is -2.14. The second-order valence-electron chi connectivity index (χ2n) is 4.84. The highest BCUT2D eigenvalue weighted by Gasteiger charge is 2.16. The van der Waals surface area contributed by atoms with Gasteiger partial charge in [0.15, 0.2) is 0 Å². The number of amides is 1. The first-order valence-corrected chi connectivity index (χ1v) is 7.58. The molecule has 1 heterocycles. The zero-order valence-electron chi connectivity index (χ0n) is 11.9. The van der Waals surface area contributed by atoms with Crippen LogP contribution in [0.2, 0.25) is 0 Å². The molecule has 5 heteroatoms. The number of benzene rings is 1. The summed E-state index contributed by atoms with van der Waals surface area (Å²) >= 11 is 1.60. The van der Waals surface area contributed by atoms with E-state index in [0.29, 0.717) is 5.56 Å². The summed E-state index contributed by atoms with van der Waals surface area (Å²) in [4.78, 5) is 24.5. The van der Waals surface area contributed by atoms with E-state index in [1.807, 2.05) is 24.4 Å². The Bertz CT molecular complexity index is 650. The van der Waals surface area contributed by atoms with E-state index < -0.39 is 5.97 Å². The van der Waals surface area contributed by atoms with Crippen molar-refractivity contribution in [2.24, 2.45) is 0 Å². The molecule has 1 aromatic carbocycles. The minimum atomic E-state index is -1.03. The minimum absolute atomic E-state index is 0.0497. The van der Waals surface area contributed by atoms with Crippen molar-refractivity contribution in [1.82, 2.24) is 5.32 Å². The topological polar surface area (TPSA) is 66.4 Å². The van der Waals surface area contributed by atoms with Gasteiger partial charge < -0.3 is 10.4 Å². The van der Waals surface area contributed by atoms with Crippen LogP contribution in [0.15, 0.2) is 35.7 Å². The predicted molar refractivity (Wildman–Crippen MR) is 83.0 cm³/mol.